The molecule has 0 bridgehead atoms. The Bertz CT molecular complexity index is 1230. The number of amides is 1. The maximum absolute atomic E-state index is 12.3. The number of nitrogens with one attached hydrogen (secondary N) is 1. The van der Waals surface area contributed by atoms with Gasteiger partial charge in [-0.25, -0.2) is 4.79 Å². The van der Waals surface area contributed by atoms with E-state index >= 15 is 0 Å². The van der Waals surface area contributed by atoms with Gasteiger partial charge in [-0.15, -0.1) is 0 Å². The molecule has 0 atom stereocenters. The van der Waals surface area contributed by atoms with Gasteiger partial charge < -0.3 is 19.2 Å². The van der Waals surface area contributed by atoms with Gasteiger partial charge in [0.25, 0.3) is 5.69 Å². The molecule has 11 heteroatoms. The number of nitro groups is 1. The predicted octanol–water partition coefficient (Wildman–Crippen LogP) is 3.41. The molecule has 2 aromatic carbocycles. The molecule has 1 aromatic heterocycles. The molecule has 0 saturated carbocycles. The van der Waals surface area contributed by atoms with E-state index in [9.17, 15) is 19.7 Å². The van der Waals surface area contributed by atoms with E-state index in [0.717, 1.165) is 12.0 Å². The molecule has 0 saturated heterocycles. The van der Waals surface area contributed by atoms with Crippen LogP contribution in [0, 0.1) is 10.1 Å². The van der Waals surface area contributed by atoms with Crippen LogP contribution in [-0.2, 0) is 17.9 Å². The second-order valence-corrected chi connectivity index (χ2v) is 7.67. The van der Waals surface area contributed by atoms with Gasteiger partial charge in [-0.1, -0.05) is 11.6 Å². The number of benzene rings is 2. The molecule has 0 aliphatic carbocycles. The van der Waals surface area contributed by atoms with Crippen molar-refractivity contribution in [2.45, 2.75) is 32.4 Å². The number of carbonyl (C=O) groups excluding carboxylic acids is 1. The Hall–Kier alpha value is -3.53. The van der Waals surface area contributed by atoms with E-state index in [1.165, 1.54) is 22.8 Å². The molecule has 0 radical (unpaired) electrons. The molecule has 0 spiro atoms. The second kappa shape index (κ2) is 9.31. The average Bonchev–Trinajstić information content (AvgIpc) is 2.91. The molecule has 1 amide bonds. The van der Waals surface area contributed by atoms with Crippen molar-refractivity contribution >= 4 is 34.3 Å². The molecular formula is C21H20ClN3O7. The Morgan fingerprint density at radius 3 is 2.84 bits per heavy atom. The zero-order valence-corrected chi connectivity index (χ0v) is 17.7. The molecule has 4 rings (SSSR count). The molecule has 1 N–H and O–H groups in total. The van der Waals surface area contributed by atoms with Crippen LogP contribution in [0.2, 0.25) is 5.02 Å². The average molecular weight is 462 g/mol. The molecule has 32 heavy (non-hydrogen) atoms. The lowest BCUT2D eigenvalue weighted by molar-refractivity contribution is -0.384. The number of non-ortho nitro benzene ring substituents is 1. The molecule has 1 aliphatic heterocycles. The third-order valence-electron chi connectivity index (χ3n) is 5.00. The topological polar surface area (TPSA) is 126 Å². The highest BCUT2D eigenvalue weighted by Crippen LogP contribution is 2.37. The number of aromatic nitrogens is 1. The lowest BCUT2D eigenvalue weighted by Crippen LogP contribution is -2.23. The van der Waals surface area contributed by atoms with Crippen molar-refractivity contribution < 1.29 is 23.6 Å². The monoisotopic (exact) mass is 461 g/mol. The highest BCUT2D eigenvalue weighted by atomic mass is 35.5. The Morgan fingerprint density at radius 2 is 2.03 bits per heavy atom. The summed E-state index contributed by atoms with van der Waals surface area (Å²) in [6.07, 6.45) is 1.34. The second-order valence-electron chi connectivity index (χ2n) is 7.26. The number of aryl methyl sites for hydroxylation is 1. The van der Waals surface area contributed by atoms with Crippen LogP contribution in [-0.4, -0.2) is 28.6 Å². The number of hydrogen-bond acceptors (Lipinski definition) is 7. The van der Waals surface area contributed by atoms with Crippen LogP contribution in [0.15, 0.2) is 39.5 Å². The zero-order chi connectivity index (χ0) is 22.7. The number of nitro benzene ring substituents is 1. The molecule has 168 valence electrons. The predicted molar refractivity (Wildman–Crippen MR) is 115 cm³/mol. The number of ether oxygens (including phenoxy) is 2. The van der Waals surface area contributed by atoms with Crippen LogP contribution in [0.1, 0.15) is 24.8 Å². The summed E-state index contributed by atoms with van der Waals surface area (Å²) in [5, 5.41) is 14.1. The van der Waals surface area contributed by atoms with Gasteiger partial charge in [0.15, 0.2) is 17.1 Å². The van der Waals surface area contributed by atoms with Crippen molar-refractivity contribution in [2.24, 2.45) is 0 Å². The van der Waals surface area contributed by atoms with E-state index in [1.807, 2.05) is 0 Å². The summed E-state index contributed by atoms with van der Waals surface area (Å²) in [5.41, 5.74) is 1.21. The zero-order valence-electron chi connectivity index (χ0n) is 17.0. The van der Waals surface area contributed by atoms with Crippen molar-refractivity contribution in [3.05, 3.63) is 61.6 Å². The molecule has 1 aliphatic rings. The number of oxazole rings is 1. The van der Waals surface area contributed by atoms with Crippen LogP contribution in [0.4, 0.5) is 5.69 Å². The van der Waals surface area contributed by atoms with Gasteiger partial charge >= 0.3 is 5.76 Å². The standard InChI is InChI=1S/C21H20ClN3O7/c22-15-9-13(10-18-20(15)31-8-2-7-30-18)12-23-19(26)3-1-6-24-16-5-4-14(25(28)29)11-17(16)32-21(24)27/h4-5,9-11H,1-3,6-8,12H2,(H,23,26). The van der Waals surface area contributed by atoms with E-state index in [2.05, 4.69) is 5.32 Å². The van der Waals surface area contributed by atoms with Crippen molar-refractivity contribution in [1.29, 1.82) is 0 Å². The van der Waals surface area contributed by atoms with Gasteiger partial charge in [-0.3, -0.25) is 19.5 Å². The van der Waals surface area contributed by atoms with E-state index in [0.29, 0.717) is 41.7 Å². The van der Waals surface area contributed by atoms with Crippen LogP contribution in [0.5, 0.6) is 11.5 Å². The van der Waals surface area contributed by atoms with E-state index < -0.39 is 10.7 Å². The summed E-state index contributed by atoms with van der Waals surface area (Å²) >= 11 is 6.27. The maximum Gasteiger partial charge on any atom is 0.419 e. The molecular weight excluding hydrogens is 442 g/mol. The van der Waals surface area contributed by atoms with Gasteiger partial charge in [0.05, 0.1) is 34.7 Å². The normalized spacial score (nSPS) is 13.0. The first-order valence-electron chi connectivity index (χ1n) is 10.0. The third kappa shape index (κ3) is 4.70. The van der Waals surface area contributed by atoms with E-state index in [4.69, 9.17) is 25.5 Å². The number of rotatable bonds is 7. The fourth-order valence-corrected chi connectivity index (χ4v) is 3.74. The first kappa shape index (κ1) is 21.7. The van der Waals surface area contributed by atoms with Crippen LogP contribution in [0.25, 0.3) is 11.1 Å². The summed E-state index contributed by atoms with van der Waals surface area (Å²) < 4.78 is 17.7. The Labute approximate surface area is 186 Å². The van der Waals surface area contributed by atoms with Crippen molar-refractivity contribution in [3.8, 4) is 11.5 Å². The van der Waals surface area contributed by atoms with E-state index in [1.54, 1.807) is 12.1 Å². The fourth-order valence-electron chi connectivity index (χ4n) is 3.45. The summed E-state index contributed by atoms with van der Waals surface area (Å²) in [6, 6.07) is 7.50. The number of hydrogen-bond donors (Lipinski definition) is 1. The number of nitrogens with zero attached hydrogens (tertiary/aromatic N) is 2. The minimum absolute atomic E-state index is 0.139. The first-order chi connectivity index (χ1) is 15.4. The minimum atomic E-state index is -0.622. The molecule has 0 fully saturated rings. The lowest BCUT2D eigenvalue weighted by atomic mass is 10.2. The number of halogens is 1. The van der Waals surface area contributed by atoms with Gasteiger partial charge in [0.2, 0.25) is 5.91 Å². The van der Waals surface area contributed by atoms with Crippen LogP contribution >= 0.6 is 11.6 Å². The summed E-state index contributed by atoms with van der Waals surface area (Å²) in [4.78, 5) is 34.6. The summed E-state index contributed by atoms with van der Waals surface area (Å²) in [7, 11) is 0. The third-order valence-corrected chi connectivity index (χ3v) is 5.28. The highest BCUT2D eigenvalue weighted by molar-refractivity contribution is 6.32. The first-order valence-corrected chi connectivity index (χ1v) is 10.4. The quantitative estimate of drug-likeness (QED) is 0.422. The molecule has 3 aromatic rings. The van der Waals surface area contributed by atoms with Crippen molar-refractivity contribution in [3.63, 3.8) is 0 Å². The van der Waals surface area contributed by atoms with E-state index in [-0.39, 0.29) is 36.7 Å². The molecule has 2 heterocycles. The molecule has 0 unspecified atom stereocenters. The summed E-state index contributed by atoms with van der Waals surface area (Å²) in [6.45, 7) is 1.59. The lowest BCUT2D eigenvalue weighted by Gasteiger charge is -2.12. The Morgan fingerprint density at radius 1 is 1.22 bits per heavy atom. The van der Waals surface area contributed by atoms with Crippen LogP contribution < -0.4 is 20.5 Å². The van der Waals surface area contributed by atoms with Crippen LogP contribution in [0.3, 0.4) is 0 Å². The minimum Gasteiger partial charge on any atom is -0.489 e. The smallest absolute Gasteiger partial charge is 0.419 e. The number of carbonyl (C=O) groups is 1. The van der Waals surface area contributed by atoms with Gasteiger partial charge in [0.1, 0.15) is 0 Å². The summed E-state index contributed by atoms with van der Waals surface area (Å²) in [5.74, 6) is 0.264. The van der Waals surface area contributed by atoms with Gasteiger partial charge in [-0.2, -0.15) is 0 Å². The van der Waals surface area contributed by atoms with Gasteiger partial charge in [0, 0.05) is 32.0 Å². The SMILES string of the molecule is O=C(CCCn1c(=O)oc2cc([N+](=O)[O-])ccc21)NCc1cc(Cl)c2c(c1)OCCCO2. The Balaban J connectivity index is 1.33. The fraction of sp³-hybridized carbons (Fsp3) is 0.333. The largest absolute Gasteiger partial charge is 0.489 e. The van der Waals surface area contributed by atoms with Crippen molar-refractivity contribution in [2.75, 3.05) is 13.2 Å². The Kier molecular flexibility index (Phi) is 6.31. The van der Waals surface area contributed by atoms with Crippen molar-refractivity contribution in [1.82, 2.24) is 9.88 Å². The van der Waals surface area contributed by atoms with Gasteiger partial charge in [-0.05, 0) is 30.2 Å². The highest BCUT2D eigenvalue weighted by Gasteiger charge is 2.17. The maximum atomic E-state index is 12.3. The number of fused-ring (bicyclic) bond motifs is 2. The molecule has 10 nitrogen and oxygen atoms in total.